The molecule has 1 heterocycles. The van der Waals surface area contributed by atoms with Crippen molar-refractivity contribution >= 4 is 0 Å². The molecule has 0 radical (unpaired) electrons. The van der Waals surface area contributed by atoms with Crippen molar-refractivity contribution in [1.29, 1.82) is 0 Å². The van der Waals surface area contributed by atoms with Gasteiger partial charge in [0, 0.05) is 12.6 Å². The van der Waals surface area contributed by atoms with Gasteiger partial charge >= 0.3 is 0 Å². The molecule has 1 aliphatic rings. The highest BCUT2D eigenvalue weighted by atomic mass is 15.1. The van der Waals surface area contributed by atoms with Gasteiger partial charge in [0.15, 0.2) is 0 Å². The molecule has 20 heavy (non-hydrogen) atoms. The highest BCUT2D eigenvalue weighted by Crippen LogP contribution is 2.33. The first kappa shape index (κ1) is 15.5. The lowest BCUT2D eigenvalue weighted by molar-refractivity contribution is 0.226. The molecule has 2 unspecified atom stereocenters. The minimum Gasteiger partial charge on any atom is -0.324 e. The summed E-state index contributed by atoms with van der Waals surface area (Å²) < 4.78 is 0. The summed E-state index contributed by atoms with van der Waals surface area (Å²) in [6, 6.07) is 8.77. The van der Waals surface area contributed by atoms with E-state index in [1.54, 1.807) is 0 Å². The summed E-state index contributed by atoms with van der Waals surface area (Å²) in [6.45, 7) is 12.8. The Bertz CT molecular complexity index is 433. The molecule has 1 aliphatic heterocycles. The van der Waals surface area contributed by atoms with E-state index in [1.165, 1.54) is 30.6 Å². The molecule has 2 heteroatoms. The fraction of sp³-hybridized carbons (Fsp3) is 0.667. The molecule has 112 valence electrons. The van der Waals surface area contributed by atoms with Crippen LogP contribution in [-0.2, 0) is 0 Å². The zero-order valence-corrected chi connectivity index (χ0v) is 13.5. The number of nitrogens with two attached hydrogens (primary N) is 1. The van der Waals surface area contributed by atoms with Gasteiger partial charge in [-0.1, -0.05) is 50.6 Å². The van der Waals surface area contributed by atoms with Crippen LogP contribution in [-0.4, -0.2) is 24.5 Å². The molecule has 0 spiro atoms. The maximum Gasteiger partial charge on any atom is 0.0307 e. The largest absolute Gasteiger partial charge is 0.324 e. The molecule has 0 aromatic heterocycles. The Balaban J connectivity index is 1.82. The number of likely N-dealkylation sites (tertiary alicyclic amines) is 1. The van der Waals surface area contributed by atoms with E-state index in [1.807, 2.05) is 0 Å². The van der Waals surface area contributed by atoms with E-state index in [0.717, 1.165) is 18.9 Å². The van der Waals surface area contributed by atoms with E-state index in [-0.39, 0.29) is 6.04 Å². The topological polar surface area (TPSA) is 29.3 Å². The van der Waals surface area contributed by atoms with Crippen molar-refractivity contribution in [2.45, 2.75) is 46.6 Å². The number of aryl methyl sites for hydroxylation is 1. The van der Waals surface area contributed by atoms with Crippen LogP contribution >= 0.6 is 0 Å². The van der Waals surface area contributed by atoms with Crippen molar-refractivity contribution in [2.24, 2.45) is 17.1 Å². The normalized spacial score (nSPS) is 22.1. The monoisotopic (exact) mass is 274 g/mol. The molecule has 2 N–H and O–H groups in total. The quantitative estimate of drug-likeness (QED) is 0.906. The van der Waals surface area contributed by atoms with Crippen LogP contribution < -0.4 is 5.73 Å². The van der Waals surface area contributed by atoms with Gasteiger partial charge < -0.3 is 10.6 Å². The predicted molar refractivity (Wildman–Crippen MR) is 86.7 cm³/mol. The van der Waals surface area contributed by atoms with Crippen LogP contribution in [0.4, 0.5) is 0 Å². The van der Waals surface area contributed by atoms with Gasteiger partial charge in [-0.15, -0.1) is 0 Å². The highest BCUT2D eigenvalue weighted by molar-refractivity contribution is 5.24. The lowest BCUT2D eigenvalue weighted by Gasteiger charge is -2.27. The molecule has 0 aliphatic carbocycles. The smallest absolute Gasteiger partial charge is 0.0307 e. The van der Waals surface area contributed by atoms with Crippen molar-refractivity contribution in [3.8, 4) is 0 Å². The molecule has 1 saturated heterocycles. The van der Waals surface area contributed by atoms with Gasteiger partial charge in [-0.2, -0.15) is 0 Å². The van der Waals surface area contributed by atoms with Crippen LogP contribution in [0.15, 0.2) is 24.3 Å². The Morgan fingerprint density at radius 2 is 2.10 bits per heavy atom. The molecule has 0 amide bonds. The number of hydrogen-bond donors (Lipinski definition) is 1. The average Bonchev–Trinajstić information content (AvgIpc) is 2.84. The highest BCUT2D eigenvalue weighted by Gasteiger charge is 2.31. The Labute approximate surface area is 124 Å². The number of hydrogen-bond acceptors (Lipinski definition) is 2. The lowest BCUT2D eigenvalue weighted by atomic mass is 9.80. The second kappa shape index (κ2) is 6.28. The van der Waals surface area contributed by atoms with Gasteiger partial charge in [0.2, 0.25) is 0 Å². The van der Waals surface area contributed by atoms with Crippen LogP contribution in [0.1, 0.15) is 50.8 Å². The summed E-state index contributed by atoms with van der Waals surface area (Å²) in [5.74, 6) is 0.831. The van der Waals surface area contributed by atoms with Crippen LogP contribution in [0.2, 0.25) is 0 Å². The lowest BCUT2D eigenvalue weighted by Crippen LogP contribution is -2.28. The van der Waals surface area contributed by atoms with Gasteiger partial charge in [0.1, 0.15) is 0 Å². The van der Waals surface area contributed by atoms with E-state index in [4.69, 9.17) is 5.73 Å². The van der Waals surface area contributed by atoms with Gasteiger partial charge in [-0.25, -0.2) is 0 Å². The Hall–Kier alpha value is -0.860. The van der Waals surface area contributed by atoms with E-state index in [2.05, 4.69) is 56.9 Å². The third-order valence-corrected chi connectivity index (χ3v) is 4.72. The number of rotatable bonds is 4. The van der Waals surface area contributed by atoms with E-state index >= 15 is 0 Å². The number of benzene rings is 1. The summed E-state index contributed by atoms with van der Waals surface area (Å²) in [6.07, 6.45) is 2.39. The standard InChI is InChI=1S/C18H30N2/c1-14-6-5-7-15(12-14)17(19)9-11-20-10-8-16(13-20)18(2,3)4/h5-7,12,16-17H,8-11,13,19H2,1-4H3. The molecule has 2 atom stereocenters. The van der Waals surface area contributed by atoms with Gasteiger partial charge in [-0.05, 0) is 49.8 Å². The third-order valence-electron chi connectivity index (χ3n) is 4.72. The first-order valence-corrected chi connectivity index (χ1v) is 7.91. The Morgan fingerprint density at radius 1 is 1.35 bits per heavy atom. The van der Waals surface area contributed by atoms with Crippen LogP contribution in [0, 0.1) is 18.3 Å². The van der Waals surface area contributed by atoms with Gasteiger partial charge in [0.25, 0.3) is 0 Å². The van der Waals surface area contributed by atoms with E-state index in [9.17, 15) is 0 Å². The summed E-state index contributed by atoms with van der Waals surface area (Å²) in [7, 11) is 0. The molecular weight excluding hydrogens is 244 g/mol. The Morgan fingerprint density at radius 3 is 2.70 bits per heavy atom. The SMILES string of the molecule is Cc1cccc(C(N)CCN2CCC(C(C)(C)C)C2)c1. The maximum atomic E-state index is 6.34. The van der Waals surface area contributed by atoms with Crippen molar-refractivity contribution in [3.63, 3.8) is 0 Å². The second-order valence-corrected chi connectivity index (χ2v) is 7.46. The zero-order valence-electron chi connectivity index (χ0n) is 13.5. The zero-order chi connectivity index (χ0) is 14.8. The summed E-state index contributed by atoms with van der Waals surface area (Å²) in [4.78, 5) is 2.59. The molecule has 2 nitrogen and oxygen atoms in total. The van der Waals surface area contributed by atoms with Crippen molar-refractivity contribution in [3.05, 3.63) is 35.4 Å². The Kier molecular flexibility index (Phi) is 4.87. The molecule has 1 fully saturated rings. The molecule has 1 aromatic carbocycles. The summed E-state index contributed by atoms with van der Waals surface area (Å²) in [5.41, 5.74) is 9.35. The van der Waals surface area contributed by atoms with E-state index in [0.29, 0.717) is 5.41 Å². The third kappa shape index (κ3) is 4.07. The molecule has 2 rings (SSSR count). The molecule has 0 saturated carbocycles. The molecule has 0 bridgehead atoms. The fourth-order valence-corrected chi connectivity index (χ4v) is 3.13. The molecular formula is C18H30N2. The van der Waals surface area contributed by atoms with Crippen LogP contribution in [0.3, 0.4) is 0 Å². The minimum atomic E-state index is 0.170. The predicted octanol–water partition coefficient (Wildman–Crippen LogP) is 3.75. The van der Waals surface area contributed by atoms with Crippen molar-refractivity contribution < 1.29 is 0 Å². The fourth-order valence-electron chi connectivity index (χ4n) is 3.13. The summed E-state index contributed by atoms with van der Waals surface area (Å²) >= 11 is 0. The first-order chi connectivity index (χ1) is 9.36. The maximum absolute atomic E-state index is 6.34. The van der Waals surface area contributed by atoms with Crippen LogP contribution in [0.25, 0.3) is 0 Å². The van der Waals surface area contributed by atoms with Crippen molar-refractivity contribution in [1.82, 2.24) is 4.90 Å². The number of nitrogens with zero attached hydrogens (tertiary/aromatic N) is 1. The minimum absolute atomic E-state index is 0.170. The van der Waals surface area contributed by atoms with Gasteiger partial charge in [-0.3, -0.25) is 0 Å². The van der Waals surface area contributed by atoms with Crippen molar-refractivity contribution in [2.75, 3.05) is 19.6 Å². The van der Waals surface area contributed by atoms with Gasteiger partial charge in [0.05, 0.1) is 0 Å². The van der Waals surface area contributed by atoms with Crippen LogP contribution in [0.5, 0.6) is 0 Å². The molecule has 1 aromatic rings. The first-order valence-electron chi connectivity index (χ1n) is 7.91. The summed E-state index contributed by atoms with van der Waals surface area (Å²) in [5, 5.41) is 0. The van der Waals surface area contributed by atoms with E-state index < -0.39 is 0 Å². The average molecular weight is 274 g/mol. The second-order valence-electron chi connectivity index (χ2n) is 7.46.